The number of nitrogens with zero attached hydrogens (tertiary/aromatic N) is 3. The van der Waals surface area contributed by atoms with Crippen molar-refractivity contribution in [2.24, 2.45) is 7.05 Å². The number of rotatable bonds is 4. The molecule has 1 aromatic rings. The van der Waals surface area contributed by atoms with E-state index < -0.39 is 0 Å². The van der Waals surface area contributed by atoms with E-state index in [-0.39, 0.29) is 5.91 Å². The molecule has 0 aromatic carbocycles. The SMILES string of the molecule is Cn1ccc(C(=O)N(CCCl)C2CC2)n1. The van der Waals surface area contributed by atoms with Gasteiger partial charge in [-0.2, -0.15) is 5.10 Å². The van der Waals surface area contributed by atoms with Crippen molar-refractivity contribution >= 4 is 17.5 Å². The highest BCUT2D eigenvalue weighted by molar-refractivity contribution is 6.18. The van der Waals surface area contributed by atoms with Crippen LogP contribution in [-0.4, -0.2) is 39.1 Å². The van der Waals surface area contributed by atoms with E-state index in [0.29, 0.717) is 24.2 Å². The van der Waals surface area contributed by atoms with Crippen molar-refractivity contribution in [3.8, 4) is 0 Å². The number of alkyl halides is 1. The Hall–Kier alpha value is -1.03. The van der Waals surface area contributed by atoms with E-state index >= 15 is 0 Å². The van der Waals surface area contributed by atoms with Gasteiger partial charge in [0.05, 0.1) is 0 Å². The molecule has 0 unspecified atom stereocenters. The minimum Gasteiger partial charge on any atom is -0.333 e. The Morgan fingerprint density at radius 1 is 1.73 bits per heavy atom. The van der Waals surface area contributed by atoms with Crippen LogP contribution in [0.1, 0.15) is 23.3 Å². The largest absolute Gasteiger partial charge is 0.333 e. The summed E-state index contributed by atoms with van der Waals surface area (Å²) < 4.78 is 1.64. The molecule has 15 heavy (non-hydrogen) atoms. The van der Waals surface area contributed by atoms with Crippen molar-refractivity contribution in [3.63, 3.8) is 0 Å². The zero-order valence-corrected chi connectivity index (χ0v) is 9.44. The molecule has 1 aliphatic carbocycles. The second kappa shape index (κ2) is 4.23. The molecule has 0 spiro atoms. The van der Waals surface area contributed by atoms with Gasteiger partial charge in [0.25, 0.3) is 5.91 Å². The first kappa shape index (κ1) is 10.5. The predicted molar refractivity (Wildman–Crippen MR) is 58.0 cm³/mol. The number of aromatic nitrogens is 2. The highest BCUT2D eigenvalue weighted by atomic mass is 35.5. The van der Waals surface area contributed by atoms with Gasteiger partial charge >= 0.3 is 0 Å². The van der Waals surface area contributed by atoms with Crippen LogP contribution < -0.4 is 0 Å². The molecule has 1 saturated carbocycles. The molecule has 0 atom stereocenters. The van der Waals surface area contributed by atoms with Gasteiger partial charge in [-0.3, -0.25) is 9.48 Å². The maximum Gasteiger partial charge on any atom is 0.274 e. The lowest BCUT2D eigenvalue weighted by molar-refractivity contribution is 0.0747. The van der Waals surface area contributed by atoms with E-state index in [0.717, 1.165) is 12.8 Å². The fourth-order valence-corrected chi connectivity index (χ4v) is 1.79. The Balaban J connectivity index is 2.10. The molecule has 82 valence electrons. The molecular weight excluding hydrogens is 214 g/mol. The maximum atomic E-state index is 12.0. The number of carbonyl (C=O) groups is 1. The Morgan fingerprint density at radius 2 is 2.47 bits per heavy atom. The monoisotopic (exact) mass is 227 g/mol. The lowest BCUT2D eigenvalue weighted by Crippen LogP contribution is -2.35. The quantitative estimate of drug-likeness (QED) is 0.727. The zero-order chi connectivity index (χ0) is 10.8. The molecule has 1 aromatic heterocycles. The van der Waals surface area contributed by atoms with Crippen molar-refractivity contribution in [3.05, 3.63) is 18.0 Å². The third-order valence-electron chi connectivity index (χ3n) is 2.51. The van der Waals surface area contributed by atoms with E-state index in [1.165, 1.54) is 0 Å². The first-order valence-corrected chi connectivity index (χ1v) is 5.62. The van der Waals surface area contributed by atoms with Crippen LogP contribution in [0.3, 0.4) is 0 Å². The number of hydrogen-bond acceptors (Lipinski definition) is 2. The molecule has 0 radical (unpaired) electrons. The van der Waals surface area contributed by atoms with E-state index in [4.69, 9.17) is 11.6 Å². The molecule has 4 nitrogen and oxygen atoms in total. The summed E-state index contributed by atoms with van der Waals surface area (Å²) in [6.45, 7) is 0.613. The number of hydrogen-bond donors (Lipinski definition) is 0. The van der Waals surface area contributed by atoms with Gasteiger partial charge in [-0.05, 0) is 18.9 Å². The van der Waals surface area contributed by atoms with Crippen LogP contribution in [0.25, 0.3) is 0 Å². The highest BCUT2D eigenvalue weighted by Gasteiger charge is 2.33. The maximum absolute atomic E-state index is 12.0. The van der Waals surface area contributed by atoms with Crippen LogP contribution in [0.5, 0.6) is 0 Å². The van der Waals surface area contributed by atoms with Gasteiger partial charge in [-0.15, -0.1) is 11.6 Å². The molecule has 5 heteroatoms. The van der Waals surface area contributed by atoms with E-state index in [1.54, 1.807) is 24.0 Å². The van der Waals surface area contributed by atoms with Crippen LogP contribution in [0.15, 0.2) is 12.3 Å². The Kier molecular flexibility index (Phi) is 2.95. The average molecular weight is 228 g/mol. The summed E-state index contributed by atoms with van der Waals surface area (Å²) >= 11 is 5.69. The predicted octanol–water partition coefficient (Wildman–Crippen LogP) is 1.26. The standard InChI is InChI=1S/C10H14ClN3O/c1-13-6-4-9(12-13)10(15)14(7-5-11)8-2-3-8/h4,6,8H,2-3,5,7H2,1H3. The first-order chi connectivity index (χ1) is 7.22. The molecule has 1 amide bonds. The van der Waals surface area contributed by atoms with Crippen LogP contribution >= 0.6 is 11.6 Å². The van der Waals surface area contributed by atoms with Gasteiger partial charge in [-0.25, -0.2) is 0 Å². The third kappa shape index (κ3) is 2.31. The molecular formula is C10H14ClN3O. The summed E-state index contributed by atoms with van der Waals surface area (Å²) in [7, 11) is 1.81. The van der Waals surface area contributed by atoms with E-state index in [2.05, 4.69) is 5.10 Å². The second-order valence-corrected chi connectivity index (χ2v) is 4.17. The lowest BCUT2D eigenvalue weighted by Gasteiger charge is -2.19. The molecule has 0 N–H and O–H groups in total. The van der Waals surface area contributed by atoms with Crippen LogP contribution in [-0.2, 0) is 7.05 Å². The Labute approximate surface area is 93.8 Å². The number of halogens is 1. The molecule has 0 bridgehead atoms. The van der Waals surface area contributed by atoms with Crippen molar-refractivity contribution < 1.29 is 4.79 Å². The lowest BCUT2D eigenvalue weighted by atomic mass is 10.3. The molecule has 0 saturated heterocycles. The van der Waals surface area contributed by atoms with Gasteiger partial charge in [0.1, 0.15) is 5.69 Å². The highest BCUT2D eigenvalue weighted by Crippen LogP contribution is 2.27. The zero-order valence-electron chi connectivity index (χ0n) is 8.69. The number of carbonyl (C=O) groups excluding carboxylic acids is 1. The second-order valence-electron chi connectivity index (χ2n) is 3.79. The van der Waals surface area contributed by atoms with Gasteiger partial charge in [0.2, 0.25) is 0 Å². The molecule has 1 heterocycles. The van der Waals surface area contributed by atoms with Gasteiger partial charge < -0.3 is 4.90 Å². The third-order valence-corrected chi connectivity index (χ3v) is 2.68. The summed E-state index contributed by atoms with van der Waals surface area (Å²) in [4.78, 5) is 13.8. The fourth-order valence-electron chi connectivity index (χ4n) is 1.60. The molecule has 0 aliphatic heterocycles. The normalized spacial score (nSPS) is 15.3. The fraction of sp³-hybridized carbons (Fsp3) is 0.600. The van der Waals surface area contributed by atoms with Crippen molar-refractivity contribution in [2.75, 3.05) is 12.4 Å². The number of aryl methyl sites for hydroxylation is 1. The van der Waals surface area contributed by atoms with E-state index in [1.807, 2.05) is 4.90 Å². The van der Waals surface area contributed by atoms with Gasteiger partial charge in [0, 0.05) is 31.7 Å². The Bertz CT molecular complexity index is 359. The summed E-state index contributed by atoms with van der Waals surface area (Å²) in [6.07, 6.45) is 3.96. The minimum atomic E-state index is -0.00116. The number of amides is 1. The van der Waals surface area contributed by atoms with Crippen molar-refractivity contribution in [2.45, 2.75) is 18.9 Å². The van der Waals surface area contributed by atoms with Gasteiger partial charge in [-0.1, -0.05) is 0 Å². The smallest absolute Gasteiger partial charge is 0.274 e. The van der Waals surface area contributed by atoms with Gasteiger partial charge in [0.15, 0.2) is 0 Å². The summed E-state index contributed by atoms with van der Waals surface area (Å²) in [6, 6.07) is 2.13. The van der Waals surface area contributed by atoms with Crippen LogP contribution in [0.4, 0.5) is 0 Å². The molecule has 1 fully saturated rings. The first-order valence-electron chi connectivity index (χ1n) is 5.09. The average Bonchev–Trinajstić information content (AvgIpc) is 2.96. The molecule has 2 rings (SSSR count). The van der Waals surface area contributed by atoms with Crippen molar-refractivity contribution in [1.29, 1.82) is 0 Å². The van der Waals surface area contributed by atoms with Crippen molar-refractivity contribution in [1.82, 2.24) is 14.7 Å². The summed E-state index contributed by atoms with van der Waals surface area (Å²) in [5.41, 5.74) is 0.509. The Morgan fingerprint density at radius 3 is 2.93 bits per heavy atom. The van der Waals surface area contributed by atoms with Crippen LogP contribution in [0, 0.1) is 0 Å². The van der Waals surface area contributed by atoms with Crippen LogP contribution in [0.2, 0.25) is 0 Å². The molecule has 1 aliphatic rings. The summed E-state index contributed by atoms with van der Waals surface area (Å²) in [5, 5.41) is 4.11. The summed E-state index contributed by atoms with van der Waals surface area (Å²) in [5.74, 6) is 0.480. The topological polar surface area (TPSA) is 38.1 Å². The van der Waals surface area contributed by atoms with E-state index in [9.17, 15) is 4.79 Å². The minimum absolute atomic E-state index is 0.00116.